The molecule has 1 aromatic rings. The fourth-order valence-corrected chi connectivity index (χ4v) is 4.77. The number of piperidine rings is 1. The topological polar surface area (TPSA) is 105 Å². The van der Waals surface area contributed by atoms with E-state index in [1.807, 2.05) is 50.8 Å². The Bertz CT molecular complexity index is 1010. The summed E-state index contributed by atoms with van der Waals surface area (Å²) in [6, 6.07) is 10.2. The van der Waals surface area contributed by atoms with Gasteiger partial charge in [-0.2, -0.15) is 5.26 Å². The summed E-state index contributed by atoms with van der Waals surface area (Å²) in [5.41, 5.74) is 12.3. The van der Waals surface area contributed by atoms with Gasteiger partial charge in [-0.15, -0.1) is 0 Å². The molecule has 0 spiro atoms. The van der Waals surface area contributed by atoms with Gasteiger partial charge in [0, 0.05) is 50.7 Å². The summed E-state index contributed by atoms with van der Waals surface area (Å²) in [6.07, 6.45) is 8.27. The summed E-state index contributed by atoms with van der Waals surface area (Å²) in [4.78, 5) is 9.55. The van der Waals surface area contributed by atoms with Crippen molar-refractivity contribution < 1.29 is 0 Å². The molecule has 0 saturated carbocycles. The monoisotopic (exact) mass is 446 g/mol. The van der Waals surface area contributed by atoms with Gasteiger partial charge in [0.15, 0.2) is 6.29 Å². The van der Waals surface area contributed by atoms with Crippen molar-refractivity contribution in [3.05, 3.63) is 64.4 Å². The normalized spacial score (nSPS) is 26.2. The SMILES string of the molecule is CN/C=C1/C=C(C2=C(c3ccc(C#N)cc3)NC(N3CCC(N)CC3)N=C2)CN(C)C1NC. The number of benzene rings is 1. The Kier molecular flexibility index (Phi) is 7.26. The maximum atomic E-state index is 9.24. The smallest absolute Gasteiger partial charge is 0.176 e. The number of hydrogen-bond donors (Lipinski definition) is 4. The Morgan fingerprint density at radius 3 is 2.58 bits per heavy atom. The summed E-state index contributed by atoms with van der Waals surface area (Å²) in [6.45, 7) is 2.64. The van der Waals surface area contributed by atoms with E-state index in [-0.39, 0.29) is 18.5 Å². The third kappa shape index (κ3) is 5.02. The number of nitriles is 1. The van der Waals surface area contributed by atoms with Crippen LogP contribution in [0.25, 0.3) is 5.70 Å². The predicted octanol–water partition coefficient (Wildman–Crippen LogP) is 1.17. The van der Waals surface area contributed by atoms with E-state index in [9.17, 15) is 5.26 Å². The highest BCUT2D eigenvalue weighted by Crippen LogP contribution is 2.30. The van der Waals surface area contributed by atoms with E-state index < -0.39 is 0 Å². The first-order valence-electron chi connectivity index (χ1n) is 11.5. The molecule has 1 saturated heterocycles. The van der Waals surface area contributed by atoms with Gasteiger partial charge >= 0.3 is 0 Å². The molecule has 5 N–H and O–H groups in total. The molecule has 8 heteroatoms. The van der Waals surface area contributed by atoms with E-state index >= 15 is 0 Å². The molecule has 0 aromatic heterocycles. The molecule has 2 unspecified atom stereocenters. The summed E-state index contributed by atoms with van der Waals surface area (Å²) in [5.74, 6) is 0. The van der Waals surface area contributed by atoms with Gasteiger partial charge in [-0.25, -0.2) is 0 Å². The summed E-state index contributed by atoms with van der Waals surface area (Å²) in [5, 5.41) is 19.5. The van der Waals surface area contributed by atoms with Crippen molar-refractivity contribution >= 4 is 11.9 Å². The average Bonchev–Trinajstić information content (AvgIpc) is 2.84. The minimum Gasteiger partial charge on any atom is -0.394 e. The van der Waals surface area contributed by atoms with Crippen LogP contribution in [0, 0.1) is 11.3 Å². The van der Waals surface area contributed by atoms with Crippen LogP contribution < -0.4 is 21.7 Å². The fraction of sp³-hybridized carbons (Fsp3) is 0.440. The number of hydrogen-bond acceptors (Lipinski definition) is 8. The van der Waals surface area contributed by atoms with Crippen LogP contribution in [0.1, 0.15) is 24.0 Å². The van der Waals surface area contributed by atoms with Crippen LogP contribution in [0.4, 0.5) is 0 Å². The molecule has 0 radical (unpaired) electrons. The van der Waals surface area contributed by atoms with Crippen LogP contribution in [0.5, 0.6) is 0 Å². The zero-order valence-corrected chi connectivity index (χ0v) is 19.7. The highest BCUT2D eigenvalue weighted by Gasteiger charge is 2.30. The van der Waals surface area contributed by atoms with Crippen molar-refractivity contribution in [3.8, 4) is 6.07 Å². The van der Waals surface area contributed by atoms with Gasteiger partial charge in [-0.1, -0.05) is 12.1 Å². The van der Waals surface area contributed by atoms with Crippen molar-refractivity contribution in [1.82, 2.24) is 25.8 Å². The number of likely N-dealkylation sites (N-methyl/N-ethyl adjacent to an activating group) is 2. The lowest BCUT2D eigenvalue weighted by molar-refractivity contribution is 0.145. The quantitative estimate of drug-likeness (QED) is 0.538. The van der Waals surface area contributed by atoms with Crippen molar-refractivity contribution in [2.45, 2.75) is 31.3 Å². The van der Waals surface area contributed by atoms with Gasteiger partial charge < -0.3 is 21.7 Å². The standard InChI is InChI=1S/C25H34N8/c1-28-14-19-12-20(16-32(3)24(19)29-2)22-15-30-25(33-10-8-21(27)9-11-33)31-23(22)18-6-4-17(13-26)5-7-18/h4-7,12,14-15,21,24-25,28-29,31H,8-11,16,27H2,1-3H3/b19-14-. The molecule has 0 amide bonds. The van der Waals surface area contributed by atoms with Gasteiger partial charge in [-0.05, 0) is 61.9 Å². The molecule has 2 atom stereocenters. The minimum atomic E-state index is -0.119. The Hall–Kier alpha value is -2.96. The second kappa shape index (κ2) is 10.3. The molecule has 174 valence electrons. The number of nitrogens with two attached hydrogens (primary N) is 1. The Labute approximate surface area is 196 Å². The van der Waals surface area contributed by atoms with Crippen molar-refractivity contribution in [3.63, 3.8) is 0 Å². The number of rotatable bonds is 5. The third-order valence-corrected chi connectivity index (χ3v) is 6.56. The maximum Gasteiger partial charge on any atom is 0.176 e. The molecule has 8 nitrogen and oxygen atoms in total. The summed E-state index contributed by atoms with van der Waals surface area (Å²) >= 11 is 0. The highest BCUT2D eigenvalue weighted by molar-refractivity contribution is 5.97. The fourth-order valence-electron chi connectivity index (χ4n) is 4.77. The first-order valence-corrected chi connectivity index (χ1v) is 11.5. The van der Waals surface area contributed by atoms with Gasteiger partial charge in [-0.3, -0.25) is 14.8 Å². The number of nitrogens with zero attached hydrogens (tertiary/aromatic N) is 4. The molecular formula is C25H34N8. The van der Waals surface area contributed by atoms with Crippen LogP contribution in [0.15, 0.2) is 58.3 Å². The largest absolute Gasteiger partial charge is 0.394 e. The lowest BCUT2D eigenvalue weighted by Crippen LogP contribution is -2.51. The van der Waals surface area contributed by atoms with E-state index in [1.165, 1.54) is 5.57 Å². The Balaban J connectivity index is 1.73. The molecular weight excluding hydrogens is 412 g/mol. The lowest BCUT2D eigenvalue weighted by atomic mass is 9.93. The molecule has 4 rings (SSSR count). The Morgan fingerprint density at radius 2 is 1.94 bits per heavy atom. The predicted molar refractivity (Wildman–Crippen MR) is 133 cm³/mol. The molecule has 1 aromatic carbocycles. The van der Waals surface area contributed by atoms with Gasteiger partial charge in [0.1, 0.15) is 0 Å². The van der Waals surface area contributed by atoms with E-state index in [1.54, 1.807) is 0 Å². The van der Waals surface area contributed by atoms with Crippen LogP contribution in [0.3, 0.4) is 0 Å². The zero-order valence-electron chi connectivity index (χ0n) is 19.7. The van der Waals surface area contributed by atoms with Gasteiger partial charge in [0.2, 0.25) is 0 Å². The molecule has 3 aliphatic heterocycles. The van der Waals surface area contributed by atoms with Crippen LogP contribution in [-0.4, -0.2) is 75.3 Å². The summed E-state index contributed by atoms with van der Waals surface area (Å²) in [7, 11) is 6.01. The highest BCUT2D eigenvalue weighted by atomic mass is 15.4. The first kappa shape index (κ1) is 23.2. The van der Waals surface area contributed by atoms with Crippen molar-refractivity contribution in [2.24, 2.45) is 10.7 Å². The number of likely N-dealkylation sites (tertiary alicyclic amines) is 1. The minimum absolute atomic E-state index is 0.119. The van der Waals surface area contributed by atoms with Crippen LogP contribution in [0.2, 0.25) is 0 Å². The average molecular weight is 447 g/mol. The van der Waals surface area contributed by atoms with Crippen LogP contribution >= 0.6 is 0 Å². The first-order chi connectivity index (χ1) is 16.0. The van der Waals surface area contributed by atoms with E-state index in [2.05, 4.69) is 44.9 Å². The molecule has 33 heavy (non-hydrogen) atoms. The van der Waals surface area contributed by atoms with Crippen molar-refractivity contribution in [2.75, 3.05) is 40.8 Å². The van der Waals surface area contributed by atoms with Gasteiger partial charge in [0.25, 0.3) is 0 Å². The number of aliphatic imine (C=N–C) groups is 1. The maximum absolute atomic E-state index is 9.24. The second-order valence-electron chi connectivity index (χ2n) is 8.86. The molecule has 1 fully saturated rings. The van der Waals surface area contributed by atoms with E-state index in [0.717, 1.165) is 54.9 Å². The van der Waals surface area contributed by atoms with E-state index in [0.29, 0.717) is 5.56 Å². The zero-order chi connectivity index (χ0) is 23.4. The third-order valence-electron chi connectivity index (χ3n) is 6.56. The number of nitrogens with one attached hydrogen (secondary N) is 3. The molecule has 3 aliphatic rings. The molecule has 0 bridgehead atoms. The molecule has 3 heterocycles. The lowest BCUT2D eigenvalue weighted by Gasteiger charge is -2.39. The molecule has 0 aliphatic carbocycles. The summed E-state index contributed by atoms with van der Waals surface area (Å²) < 4.78 is 0. The van der Waals surface area contributed by atoms with Gasteiger partial charge in [0.05, 0.1) is 23.5 Å². The second-order valence-corrected chi connectivity index (χ2v) is 8.86. The van der Waals surface area contributed by atoms with E-state index in [4.69, 9.17) is 10.7 Å². The Morgan fingerprint density at radius 1 is 1.21 bits per heavy atom. The van der Waals surface area contributed by atoms with Crippen molar-refractivity contribution in [1.29, 1.82) is 5.26 Å². The van der Waals surface area contributed by atoms with Crippen LogP contribution in [-0.2, 0) is 0 Å².